The monoisotopic (exact) mass is 261 g/mol. The molecule has 1 aliphatic carbocycles. The second-order valence-electron chi connectivity index (χ2n) is 4.15. The minimum absolute atomic E-state index is 0.178. The Morgan fingerprint density at radius 3 is 2.44 bits per heavy atom. The van der Waals surface area contributed by atoms with E-state index in [1.54, 1.807) is 0 Å². The Balaban J connectivity index is 2.40. The molecule has 0 spiro atoms. The van der Waals surface area contributed by atoms with Crippen molar-refractivity contribution in [2.75, 3.05) is 5.73 Å². The van der Waals surface area contributed by atoms with Gasteiger partial charge in [-0.15, -0.1) is 13.2 Å². The fourth-order valence-corrected chi connectivity index (χ4v) is 1.90. The topological polar surface area (TPSA) is 72.5 Å². The number of hydrogen-bond acceptors (Lipinski definition) is 3. The highest BCUT2D eigenvalue weighted by Gasteiger charge is 2.53. The van der Waals surface area contributed by atoms with E-state index in [2.05, 4.69) is 4.74 Å². The van der Waals surface area contributed by atoms with Gasteiger partial charge in [0.15, 0.2) is 5.75 Å². The van der Waals surface area contributed by atoms with Gasteiger partial charge in [0, 0.05) is 0 Å². The Hall–Kier alpha value is -1.92. The number of carbonyl (C=O) groups is 1. The zero-order valence-corrected chi connectivity index (χ0v) is 9.12. The van der Waals surface area contributed by atoms with Crippen molar-refractivity contribution in [3.05, 3.63) is 23.8 Å². The number of carboxylic acid groups (broad SMARTS) is 1. The predicted octanol–water partition coefficient (Wildman–Crippen LogP) is 2.28. The average Bonchev–Trinajstić information content (AvgIpc) is 3.00. The van der Waals surface area contributed by atoms with Gasteiger partial charge in [0.05, 0.1) is 11.1 Å². The summed E-state index contributed by atoms with van der Waals surface area (Å²) in [4.78, 5) is 11.1. The van der Waals surface area contributed by atoms with Crippen LogP contribution in [0.4, 0.5) is 18.9 Å². The highest BCUT2D eigenvalue weighted by molar-refractivity contribution is 5.88. The quantitative estimate of drug-likeness (QED) is 0.819. The molecule has 0 heterocycles. The summed E-state index contributed by atoms with van der Waals surface area (Å²) in [6, 6.07) is 3.78. The lowest BCUT2D eigenvalue weighted by Gasteiger charge is -2.17. The van der Waals surface area contributed by atoms with Gasteiger partial charge in [0.2, 0.25) is 0 Å². The van der Waals surface area contributed by atoms with Gasteiger partial charge in [0.1, 0.15) is 0 Å². The van der Waals surface area contributed by atoms with Gasteiger partial charge in [-0.2, -0.15) is 0 Å². The van der Waals surface area contributed by atoms with Gasteiger partial charge in [-0.1, -0.05) is 12.1 Å². The smallest absolute Gasteiger partial charge is 0.481 e. The largest absolute Gasteiger partial charge is 0.573 e. The summed E-state index contributed by atoms with van der Waals surface area (Å²) in [5, 5.41) is 9.09. The van der Waals surface area contributed by atoms with Gasteiger partial charge in [-0.25, -0.2) is 0 Å². The van der Waals surface area contributed by atoms with Crippen LogP contribution in [0.25, 0.3) is 0 Å². The Morgan fingerprint density at radius 1 is 1.39 bits per heavy atom. The van der Waals surface area contributed by atoms with Crippen LogP contribution in [-0.2, 0) is 10.2 Å². The third-order valence-corrected chi connectivity index (χ3v) is 2.97. The van der Waals surface area contributed by atoms with E-state index < -0.39 is 23.5 Å². The van der Waals surface area contributed by atoms with Gasteiger partial charge in [0.25, 0.3) is 0 Å². The van der Waals surface area contributed by atoms with E-state index in [1.165, 1.54) is 12.1 Å². The predicted molar refractivity (Wildman–Crippen MR) is 56.1 cm³/mol. The molecule has 1 aromatic rings. The molecule has 0 unspecified atom stereocenters. The minimum atomic E-state index is -4.85. The van der Waals surface area contributed by atoms with Crippen LogP contribution >= 0.6 is 0 Å². The van der Waals surface area contributed by atoms with Gasteiger partial charge in [-0.3, -0.25) is 4.79 Å². The fraction of sp³-hybridized carbons (Fsp3) is 0.364. The van der Waals surface area contributed by atoms with Crippen LogP contribution in [0, 0.1) is 0 Å². The first kappa shape index (κ1) is 12.5. The summed E-state index contributed by atoms with van der Waals surface area (Å²) in [7, 11) is 0. The van der Waals surface area contributed by atoms with Crippen molar-refractivity contribution in [1.82, 2.24) is 0 Å². The molecule has 2 rings (SSSR count). The molecule has 1 aromatic carbocycles. The number of benzene rings is 1. The second-order valence-corrected chi connectivity index (χ2v) is 4.15. The number of ether oxygens (including phenoxy) is 1. The molecule has 1 saturated carbocycles. The van der Waals surface area contributed by atoms with Crippen LogP contribution in [0.3, 0.4) is 0 Å². The maximum absolute atomic E-state index is 12.1. The summed E-state index contributed by atoms with van der Waals surface area (Å²) in [5.74, 6) is -1.65. The molecule has 18 heavy (non-hydrogen) atoms. The second kappa shape index (κ2) is 3.79. The molecule has 7 heteroatoms. The first-order valence-corrected chi connectivity index (χ1v) is 5.14. The molecular formula is C11H10F3NO3. The van der Waals surface area contributed by atoms with Crippen molar-refractivity contribution in [3.8, 4) is 5.75 Å². The summed E-state index contributed by atoms with van der Waals surface area (Å²) < 4.78 is 40.1. The Bertz CT molecular complexity index is 495. The summed E-state index contributed by atoms with van der Waals surface area (Å²) >= 11 is 0. The number of nitrogens with two attached hydrogens (primary N) is 1. The lowest BCUT2D eigenvalue weighted by molar-refractivity contribution is -0.274. The molecule has 0 atom stereocenters. The van der Waals surface area contributed by atoms with Crippen molar-refractivity contribution in [1.29, 1.82) is 0 Å². The van der Waals surface area contributed by atoms with Crippen LogP contribution < -0.4 is 10.5 Å². The number of anilines is 1. The third-order valence-electron chi connectivity index (χ3n) is 2.97. The van der Waals surface area contributed by atoms with E-state index in [0.717, 1.165) is 6.07 Å². The van der Waals surface area contributed by atoms with Crippen LogP contribution in [0.5, 0.6) is 5.75 Å². The summed E-state index contributed by atoms with van der Waals surface area (Å²) in [5.41, 5.74) is 4.32. The van der Waals surface area contributed by atoms with Crippen molar-refractivity contribution in [2.45, 2.75) is 24.6 Å². The minimum Gasteiger partial charge on any atom is -0.481 e. The zero-order chi connectivity index (χ0) is 13.6. The Labute approximate surface area is 100 Å². The normalized spacial score (nSPS) is 17.3. The first-order valence-electron chi connectivity index (χ1n) is 5.14. The molecule has 1 aliphatic rings. The molecule has 0 radical (unpaired) electrons. The van der Waals surface area contributed by atoms with Crippen LogP contribution in [-0.4, -0.2) is 17.4 Å². The molecule has 98 valence electrons. The van der Waals surface area contributed by atoms with E-state index >= 15 is 0 Å². The zero-order valence-electron chi connectivity index (χ0n) is 9.12. The summed E-state index contributed by atoms with van der Waals surface area (Å²) in [6.45, 7) is 0. The van der Waals surface area contributed by atoms with Crippen LogP contribution in [0.15, 0.2) is 18.2 Å². The van der Waals surface area contributed by atoms with Gasteiger partial charge < -0.3 is 15.6 Å². The van der Waals surface area contributed by atoms with Crippen molar-refractivity contribution in [3.63, 3.8) is 0 Å². The molecule has 1 fully saturated rings. The average molecular weight is 261 g/mol. The van der Waals surface area contributed by atoms with Gasteiger partial charge >= 0.3 is 12.3 Å². The molecule has 0 aliphatic heterocycles. The number of rotatable bonds is 3. The highest BCUT2D eigenvalue weighted by Crippen LogP contribution is 2.52. The van der Waals surface area contributed by atoms with E-state index in [4.69, 9.17) is 10.8 Å². The first-order chi connectivity index (χ1) is 8.26. The van der Waals surface area contributed by atoms with Crippen molar-refractivity contribution < 1.29 is 27.8 Å². The van der Waals surface area contributed by atoms with Crippen LogP contribution in [0.2, 0.25) is 0 Å². The van der Waals surface area contributed by atoms with Crippen molar-refractivity contribution in [2.24, 2.45) is 0 Å². The Kier molecular flexibility index (Phi) is 2.64. The summed E-state index contributed by atoms with van der Waals surface area (Å²) in [6.07, 6.45) is -4.13. The fourth-order valence-electron chi connectivity index (χ4n) is 1.90. The SMILES string of the molecule is Nc1c(OC(F)(F)F)cccc1C1(C(=O)O)CC1. The lowest BCUT2D eigenvalue weighted by atomic mass is 9.94. The molecule has 0 bridgehead atoms. The molecular weight excluding hydrogens is 251 g/mol. The number of nitrogen functional groups attached to an aromatic ring is 1. The number of halogens is 3. The Morgan fingerprint density at radius 2 is 2.00 bits per heavy atom. The molecule has 0 amide bonds. The third kappa shape index (κ3) is 2.07. The van der Waals surface area contributed by atoms with Crippen LogP contribution in [0.1, 0.15) is 18.4 Å². The maximum atomic E-state index is 12.1. The van der Waals surface area contributed by atoms with E-state index in [1.807, 2.05) is 0 Å². The van der Waals surface area contributed by atoms with Crippen molar-refractivity contribution >= 4 is 11.7 Å². The number of hydrogen-bond donors (Lipinski definition) is 2. The number of alkyl halides is 3. The standard InChI is InChI=1S/C11H10F3NO3/c12-11(13,14)18-7-3-1-2-6(8(7)15)10(4-5-10)9(16)17/h1-3H,4-5,15H2,(H,16,17). The lowest BCUT2D eigenvalue weighted by Crippen LogP contribution is -2.23. The maximum Gasteiger partial charge on any atom is 0.573 e. The molecule has 0 saturated heterocycles. The number of para-hydroxylation sites is 1. The number of aliphatic carboxylic acids is 1. The van der Waals surface area contributed by atoms with Gasteiger partial charge in [-0.05, 0) is 24.5 Å². The van der Waals surface area contributed by atoms with E-state index in [0.29, 0.717) is 12.8 Å². The molecule has 4 nitrogen and oxygen atoms in total. The number of carboxylic acids is 1. The highest BCUT2D eigenvalue weighted by atomic mass is 19.4. The van der Waals surface area contributed by atoms with E-state index in [9.17, 15) is 18.0 Å². The van der Waals surface area contributed by atoms with E-state index in [-0.39, 0.29) is 11.3 Å². The molecule has 0 aromatic heterocycles. The molecule has 3 N–H and O–H groups in total.